The van der Waals surface area contributed by atoms with E-state index in [4.69, 9.17) is 5.73 Å². The van der Waals surface area contributed by atoms with E-state index in [0.717, 1.165) is 18.4 Å². The first-order valence-corrected chi connectivity index (χ1v) is 10.7. The average Bonchev–Trinajstić information content (AvgIpc) is 3.35. The predicted octanol–water partition coefficient (Wildman–Crippen LogP) is 1.32. The van der Waals surface area contributed by atoms with Gasteiger partial charge in [-0.1, -0.05) is 12.1 Å². The fourth-order valence-corrected chi connectivity index (χ4v) is 4.82. The van der Waals surface area contributed by atoms with Crippen molar-refractivity contribution in [1.29, 1.82) is 0 Å². The maximum atomic E-state index is 12.8. The van der Waals surface area contributed by atoms with Gasteiger partial charge in [0.15, 0.2) is 0 Å². The van der Waals surface area contributed by atoms with Gasteiger partial charge in [0.25, 0.3) is 0 Å². The summed E-state index contributed by atoms with van der Waals surface area (Å²) in [5.41, 5.74) is 7.02. The van der Waals surface area contributed by atoms with E-state index in [0.29, 0.717) is 16.6 Å². The second kappa shape index (κ2) is 6.57. The summed E-state index contributed by atoms with van der Waals surface area (Å²) in [6.07, 6.45) is 1.63. The van der Waals surface area contributed by atoms with Crippen LogP contribution in [0.25, 0.3) is 11.0 Å². The van der Waals surface area contributed by atoms with E-state index in [1.165, 1.54) is 16.7 Å². The molecule has 8 nitrogen and oxygen atoms in total. The molecule has 1 amide bonds. The fraction of sp³-hybridized carbons (Fsp3) is 0.300. The van der Waals surface area contributed by atoms with Gasteiger partial charge in [-0.05, 0) is 55.7 Å². The minimum Gasteiger partial charge on any atom is -0.366 e. The number of primary amides is 1. The molecule has 3 aromatic rings. The van der Waals surface area contributed by atoms with E-state index in [1.54, 1.807) is 41.9 Å². The molecular formula is C20H22N4O4S. The molecule has 152 valence electrons. The van der Waals surface area contributed by atoms with Crippen LogP contribution in [0.2, 0.25) is 0 Å². The van der Waals surface area contributed by atoms with Crippen molar-refractivity contribution in [3.8, 4) is 0 Å². The summed E-state index contributed by atoms with van der Waals surface area (Å²) in [6.45, 7) is 2.16. The summed E-state index contributed by atoms with van der Waals surface area (Å²) in [5, 5.41) is 0. The van der Waals surface area contributed by atoms with Crippen molar-refractivity contribution in [1.82, 2.24) is 13.9 Å². The van der Waals surface area contributed by atoms with Gasteiger partial charge in [0.05, 0.1) is 22.5 Å². The molecule has 4 rings (SSSR count). The zero-order chi connectivity index (χ0) is 21.0. The molecule has 9 heteroatoms. The van der Waals surface area contributed by atoms with Gasteiger partial charge in [0.1, 0.15) is 0 Å². The Balaban J connectivity index is 1.72. The van der Waals surface area contributed by atoms with Crippen LogP contribution >= 0.6 is 0 Å². The first-order valence-electron chi connectivity index (χ1n) is 9.22. The van der Waals surface area contributed by atoms with Crippen molar-refractivity contribution < 1.29 is 13.2 Å². The number of nitrogens with two attached hydrogens (primary N) is 1. The van der Waals surface area contributed by atoms with Crippen LogP contribution in [0.3, 0.4) is 0 Å². The topological polar surface area (TPSA) is 116 Å². The van der Waals surface area contributed by atoms with Gasteiger partial charge in [0.2, 0.25) is 15.9 Å². The van der Waals surface area contributed by atoms with Crippen molar-refractivity contribution in [3.05, 3.63) is 64.1 Å². The van der Waals surface area contributed by atoms with E-state index in [1.807, 2.05) is 6.92 Å². The Hall–Kier alpha value is -2.91. The number of amides is 1. The molecule has 1 saturated carbocycles. The fourth-order valence-electron chi connectivity index (χ4n) is 3.34. The van der Waals surface area contributed by atoms with Gasteiger partial charge in [0, 0.05) is 18.2 Å². The van der Waals surface area contributed by atoms with Crippen molar-refractivity contribution in [2.45, 2.75) is 36.7 Å². The minimum atomic E-state index is -3.66. The van der Waals surface area contributed by atoms with Crippen LogP contribution in [0.4, 0.5) is 0 Å². The summed E-state index contributed by atoms with van der Waals surface area (Å²) in [7, 11) is -2.04. The highest BCUT2D eigenvalue weighted by Gasteiger charge is 2.41. The third-order valence-electron chi connectivity index (χ3n) is 5.39. The molecule has 0 atom stereocenters. The highest BCUT2D eigenvalue weighted by Crippen LogP contribution is 2.36. The maximum Gasteiger partial charge on any atom is 0.329 e. The Kier molecular flexibility index (Phi) is 4.39. The molecule has 0 bridgehead atoms. The number of fused-ring (bicyclic) bond motifs is 1. The molecule has 29 heavy (non-hydrogen) atoms. The van der Waals surface area contributed by atoms with Crippen LogP contribution in [0.1, 0.15) is 35.7 Å². The van der Waals surface area contributed by atoms with Gasteiger partial charge in [-0.15, -0.1) is 0 Å². The first kappa shape index (κ1) is 19.4. The van der Waals surface area contributed by atoms with Gasteiger partial charge in [-0.3, -0.25) is 13.9 Å². The van der Waals surface area contributed by atoms with Gasteiger partial charge < -0.3 is 5.73 Å². The molecule has 1 fully saturated rings. The monoisotopic (exact) mass is 414 g/mol. The maximum absolute atomic E-state index is 12.8. The SMILES string of the molecule is Cn1c(=O)n(Cc2ccc(C(N)=O)cc2)c2ccc(S(=O)(=O)NC3(C)CC3)cc21. The molecule has 0 spiro atoms. The second-order valence-corrected chi connectivity index (χ2v) is 9.49. The number of nitrogens with one attached hydrogen (secondary N) is 1. The Morgan fingerprint density at radius 3 is 2.38 bits per heavy atom. The molecule has 0 radical (unpaired) electrons. The van der Waals surface area contributed by atoms with Crippen molar-refractivity contribution in [2.24, 2.45) is 12.8 Å². The largest absolute Gasteiger partial charge is 0.366 e. The summed E-state index contributed by atoms with van der Waals surface area (Å²) in [6, 6.07) is 11.4. The summed E-state index contributed by atoms with van der Waals surface area (Å²) >= 11 is 0. The molecule has 0 unspecified atom stereocenters. The average molecular weight is 414 g/mol. The molecule has 1 aromatic heterocycles. The summed E-state index contributed by atoms with van der Waals surface area (Å²) in [5.74, 6) is -0.513. The number of hydrogen-bond donors (Lipinski definition) is 2. The minimum absolute atomic E-state index is 0.136. The van der Waals surface area contributed by atoms with Crippen molar-refractivity contribution >= 4 is 27.0 Å². The molecule has 1 aliphatic carbocycles. The quantitative estimate of drug-likeness (QED) is 0.633. The summed E-state index contributed by atoms with van der Waals surface area (Å²) in [4.78, 5) is 24.1. The van der Waals surface area contributed by atoms with Crippen LogP contribution < -0.4 is 16.1 Å². The number of rotatable bonds is 6. The van der Waals surface area contributed by atoms with E-state index >= 15 is 0 Å². The number of aryl methyl sites for hydroxylation is 1. The lowest BCUT2D eigenvalue weighted by molar-refractivity contribution is 0.1000. The number of carbonyl (C=O) groups excluding carboxylic acids is 1. The number of sulfonamides is 1. The third kappa shape index (κ3) is 3.58. The number of nitrogens with zero attached hydrogens (tertiary/aromatic N) is 2. The van der Waals surface area contributed by atoms with Crippen LogP contribution in [-0.2, 0) is 23.6 Å². The van der Waals surface area contributed by atoms with E-state index in [9.17, 15) is 18.0 Å². The smallest absolute Gasteiger partial charge is 0.329 e. The van der Waals surface area contributed by atoms with Gasteiger partial charge >= 0.3 is 5.69 Å². The van der Waals surface area contributed by atoms with Crippen LogP contribution in [0.5, 0.6) is 0 Å². The predicted molar refractivity (Wildman–Crippen MR) is 109 cm³/mol. The molecule has 1 heterocycles. The van der Waals surface area contributed by atoms with E-state index in [-0.39, 0.29) is 22.7 Å². The van der Waals surface area contributed by atoms with Crippen LogP contribution in [-0.4, -0.2) is 29.0 Å². The molecule has 1 aliphatic rings. The number of carbonyl (C=O) groups is 1. The van der Waals surface area contributed by atoms with Crippen molar-refractivity contribution in [3.63, 3.8) is 0 Å². The normalized spacial score (nSPS) is 15.5. The lowest BCUT2D eigenvalue weighted by Gasteiger charge is -2.12. The second-order valence-electron chi connectivity index (χ2n) is 7.81. The van der Waals surface area contributed by atoms with Crippen molar-refractivity contribution in [2.75, 3.05) is 0 Å². The third-order valence-corrected chi connectivity index (χ3v) is 7.02. The van der Waals surface area contributed by atoms with E-state index < -0.39 is 15.9 Å². The number of benzene rings is 2. The Morgan fingerprint density at radius 2 is 1.79 bits per heavy atom. The molecule has 0 saturated heterocycles. The molecule has 3 N–H and O–H groups in total. The van der Waals surface area contributed by atoms with E-state index in [2.05, 4.69) is 4.72 Å². The lowest BCUT2D eigenvalue weighted by atomic mass is 10.1. The Bertz CT molecular complexity index is 1280. The number of hydrogen-bond acceptors (Lipinski definition) is 4. The Labute approximate surface area is 168 Å². The molecule has 0 aliphatic heterocycles. The van der Waals surface area contributed by atoms with Gasteiger partial charge in [-0.25, -0.2) is 17.9 Å². The van der Waals surface area contributed by atoms with Gasteiger partial charge in [-0.2, -0.15) is 0 Å². The standard InChI is InChI=1S/C20H22N4O4S/c1-20(9-10-20)22-29(27,28)15-7-8-16-17(11-15)23(2)19(26)24(16)12-13-3-5-14(6-4-13)18(21)25/h3-8,11,22H,9-10,12H2,1-2H3,(H2,21,25). The highest BCUT2D eigenvalue weighted by atomic mass is 32.2. The molecular weight excluding hydrogens is 392 g/mol. The number of aromatic nitrogens is 2. The highest BCUT2D eigenvalue weighted by molar-refractivity contribution is 7.89. The zero-order valence-corrected chi connectivity index (χ0v) is 17.0. The zero-order valence-electron chi connectivity index (χ0n) is 16.2. The molecule has 2 aromatic carbocycles. The summed E-state index contributed by atoms with van der Waals surface area (Å²) < 4.78 is 31.1. The van der Waals surface area contributed by atoms with Crippen LogP contribution in [0, 0.1) is 0 Å². The Morgan fingerprint density at radius 1 is 1.14 bits per heavy atom. The number of imidazole rings is 1. The first-order chi connectivity index (χ1) is 13.6. The lowest BCUT2D eigenvalue weighted by Crippen LogP contribution is -2.34. The van der Waals surface area contributed by atoms with Crippen LogP contribution in [0.15, 0.2) is 52.2 Å².